The van der Waals surface area contributed by atoms with E-state index in [2.05, 4.69) is 41.2 Å². The number of hydrogen-bond donors (Lipinski definition) is 0. The summed E-state index contributed by atoms with van der Waals surface area (Å²) < 4.78 is 11.4. The summed E-state index contributed by atoms with van der Waals surface area (Å²) in [5, 5.41) is 0. The summed E-state index contributed by atoms with van der Waals surface area (Å²) >= 11 is 0. The van der Waals surface area contributed by atoms with E-state index >= 15 is 0 Å². The maximum Gasteiger partial charge on any atom is 0.321 e. The SMILES string of the molecule is Cc1ccc(COc2cccc(Oc3ncccn3)c2)cc1. The van der Waals surface area contributed by atoms with Gasteiger partial charge >= 0.3 is 6.01 Å². The maximum absolute atomic E-state index is 5.79. The minimum Gasteiger partial charge on any atom is -0.489 e. The van der Waals surface area contributed by atoms with Crippen LogP contribution in [0.3, 0.4) is 0 Å². The fourth-order valence-corrected chi connectivity index (χ4v) is 1.92. The van der Waals surface area contributed by atoms with Crippen LogP contribution in [0.1, 0.15) is 11.1 Å². The van der Waals surface area contributed by atoms with Gasteiger partial charge in [-0.2, -0.15) is 0 Å². The van der Waals surface area contributed by atoms with E-state index in [1.807, 2.05) is 24.3 Å². The molecule has 1 heterocycles. The van der Waals surface area contributed by atoms with Gasteiger partial charge in [-0.1, -0.05) is 35.9 Å². The zero-order valence-corrected chi connectivity index (χ0v) is 12.3. The highest BCUT2D eigenvalue weighted by Gasteiger charge is 2.02. The first-order chi connectivity index (χ1) is 10.8. The molecule has 22 heavy (non-hydrogen) atoms. The third-order valence-electron chi connectivity index (χ3n) is 3.08. The fourth-order valence-electron chi connectivity index (χ4n) is 1.92. The largest absolute Gasteiger partial charge is 0.489 e. The van der Waals surface area contributed by atoms with E-state index in [1.165, 1.54) is 5.56 Å². The van der Waals surface area contributed by atoms with Gasteiger partial charge in [-0.3, -0.25) is 0 Å². The molecule has 0 atom stereocenters. The third-order valence-corrected chi connectivity index (χ3v) is 3.08. The van der Waals surface area contributed by atoms with Crippen molar-refractivity contribution in [2.45, 2.75) is 13.5 Å². The van der Waals surface area contributed by atoms with Crippen molar-refractivity contribution >= 4 is 0 Å². The second-order valence-corrected chi connectivity index (χ2v) is 4.88. The van der Waals surface area contributed by atoms with Gasteiger partial charge in [0.1, 0.15) is 18.1 Å². The lowest BCUT2D eigenvalue weighted by Crippen LogP contribution is -1.96. The van der Waals surface area contributed by atoms with Gasteiger partial charge in [0, 0.05) is 18.5 Å². The molecule has 4 nitrogen and oxygen atoms in total. The van der Waals surface area contributed by atoms with Gasteiger partial charge in [0.15, 0.2) is 0 Å². The van der Waals surface area contributed by atoms with Gasteiger partial charge in [-0.25, -0.2) is 9.97 Å². The van der Waals surface area contributed by atoms with Crippen LogP contribution in [0.5, 0.6) is 17.5 Å². The van der Waals surface area contributed by atoms with Crippen molar-refractivity contribution in [1.29, 1.82) is 0 Å². The lowest BCUT2D eigenvalue weighted by Gasteiger charge is -2.08. The smallest absolute Gasteiger partial charge is 0.321 e. The molecule has 3 aromatic rings. The Balaban J connectivity index is 1.65. The average Bonchev–Trinajstić information content (AvgIpc) is 2.56. The van der Waals surface area contributed by atoms with Crippen LogP contribution < -0.4 is 9.47 Å². The van der Waals surface area contributed by atoms with E-state index in [9.17, 15) is 0 Å². The Labute approximate surface area is 129 Å². The summed E-state index contributed by atoms with van der Waals surface area (Å²) in [6.45, 7) is 2.59. The molecule has 0 saturated heterocycles. The van der Waals surface area contributed by atoms with Crippen molar-refractivity contribution in [3.05, 3.63) is 78.1 Å². The second-order valence-electron chi connectivity index (χ2n) is 4.88. The Morgan fingerprint density at radius 2 is 1.59 bits per heavy atom. The summed E-state index contributed by atoms with van der Waals surface area (Å²) in [5.41, 5.74) is 2.37. The molecule has 1 aromatic heterocycles. The van der Waals surface area contributed by atoms with E-state index in [0.29, 0.717) is 18.4 Å². The second kappa shape index (κ2) is 6.72. The molecule has 0 spiro atoms. The summed E-state index contributed by atoms with van der Waals surface area (Å²) in [4.78, 5) is 8.06. The van der Waals surface area contributed by atoms with E-state index in [4.69, 9.17) is 9.47 Å². The van der Waals surface area contributed by atoms with E-state index < -0.39 is 0 Å². The predicted octanol–water partition coefficient (Wildman–Crippen LogP) is 4.16. The minimum atomic E-state index is 0.318. The molecule has 0 N–H and O–H groups in total. The Bertz CT molecular complexity index is 728. The molecule has 0 unspecified atom stereocenters. The molecule has 2 aromatic carbocycles. The van der Waals surface area contributed by atoms with Crippen molar-refractivity contribution in [3.8, 4) is 17.5 Å². The van der Waals surface area contributed by atoms with Crippen LogP contribution in [-0.4, -0.2) is 9.97 Å². The summed E-state index contributed by atoms with van der Waals surface area (Å²) in [6.07, 6.45) is 3.28. The number of nitrogens with zero attached hydrogens (tertiary/aromatic N) is 2. The van der Waals surface area contributed by atoms with Crippen LogP contribution in [0.15, 0.2) is 67.0 Å². The molecule has 110 valence electrons. The Hall–Kier alpha value is -2.88. The Morgan fingerprint density at radius 1 is 0.864 bits per heavy atom. The molecule has 0 amide bonds. The molecule has 0 aliphatic carbocycles. The van der Waals surface area contributed by atoms with Gasteiger partial charge in [-0.05, 0) is 30.7 Å². The van der Waals surface area contributed by atoms with Crippen LogP contribution >= 0.6 is 0 Å². The van der Waals surface area contributed by atoms with E-state index in [1.54, 1.807) is 18.5 Å². The lowest BCUT2D eigenvalue weighted by molar-refractivity contribution is 0.304. The summed E-state index contributed by atoms with van der Waals surface area (Å²) in [5.74, 6) is 1.39. The first-order valence-electron chi connectivity index (χ1n) is 7.03. The number of rotatable bonds is 5. The van der Waals surface area contributed by atoms with Gasteiger partial charge in [0.2, 0.25) is 0 Å². The first kappa shape index (κ1) is 14.1. The highest BCUT2D eigenvalue weighted by Crippen LogP contribution is 2.23. The van der Waals surface area contributed by atoms with Gasteiger partial charge in [0.25, 0.3) is 0 Å². The number of hydrogen-bond acceptors (Lipinski definition) is 4. The topological polar surface area (TPSA) is 44.2 Å². The van der Waals surface area contributed by atoms with Crippen LogP contribution in [0, 0.1) is 6.92 Å². The van der Waals surface area contributed by atoms with Crippen LogP contribution in [0.2, 0.25) is 0 Å². The molecule has 0 fully saturated rings. The zero-order valence-electron chi connectivity index (χ0n) is 12.3. The standard InChI is InChI=1S/C18H16N2O2/c1-14-6-8-15(9-7-14)13-21-16-4-2-5-17(12-16)22-18-19-10-3-11-20-18/h2-12H,13H2,1H3. The predicted molar refractivity (Wildman–Crippen MR) is 84.1 cm³/mol. The van der Waals surface area contributed by atoms with Crippen molar-refractivity contribution in [2.75, 3.05) is 0 Å². The maximum atomic E-state index is 5.79. The van der Waals surface area contributed by atoms with Crippen LogP contribution in [0.4, 0.5) is 0 Å². The Morgan fingerprint density at radius 3 is 2.36 bits per heavy atom. The van der Waals surface area contributed by atoms with Gasteiger partial charge in [-0.15, -0.1) is 0 Å². The lowest BCUT2D eigenvalue weighted by atomic mass is 10.2. The number of ether oxygens (including phenoxy) is 2. The van der Waals surface area contributed by atoms with Crippen molar-refractivity contribution in [1.82, 2.24) is 9.97 Å². The third kappa shape index (κ3) is 3.82. The summed E-state index contributed by atoms with van der Waals surface area (Å²) in [6, 6.07) is 17.8. The molecule has 0 saturated carbocycles. The van der Waals surface area contributed by atoms with Gasteiger partial charge < -0.3 is 9.47 Å². The first-order valence-corrected chi connectivity index (χ1v) is 7.03. The number of aromatic nitrogens is 2. The molecular formula is C18H16N2O2. The Kier molecular flexibility index (Phi) is 4.30. The monoisotopic (exact) mass is 292 g/mol. The van der Waals surface area contributed by atoms with Crippen LogP contribution in [0.25, 0.3) is 0 Å². The minimum absolute atomic E-state index is 0.318. The molecule has 0 aliphatic rings. The zero-order chi connectivity index (χ0) is 15.2. The number of benzene rings is 2. The quantitative estimate of drug-likeness (QED) is 0.708. The molecule has 3 rings (SSSR count). The van der Waals surface area contributed by atoms with Crippen molar-refractivity contribution < 1.29 is 9.47 Å². The van der Waals surface area contributed by atoms with Crippen molar-refractivity contribution in [3.63, 3.8) is 0 Å². The van der Waals surface area contributed by atoms with Crippen molar-refractivity contribution in [2.24, 2.45) is 0 Å². The molecule has 0 bridgehead atoms. The van der Waals surface area contributed by atoms with Crippen LogP contribution in [-0.2, 0) is 6.61 Å². The molecule has 4 heteroatoms. The molecule has 0 radical (unpaired) electrons. The highest BCUT2D eigenvalue weighted by molar-refractivity contribution is 5.34. The molecular weight excluding hydrogens is 276 g/mol. The normalized spacial score (nSPS) is 10.2. The summed E-state index contributed by atoms with van der Waals surface area (Å²) in [7, 11) is 0. The van der Waals surface area contributed by atoms with E-state index in [-0.39, 0.29) is 0 Å². The number of aryl methyl sites for hydroxylation is 1. The highest BCUT2D eigenvalue weighted by atomic mass is 16.5. The fraction of sp³-hybridized carbons (Fsp3) is 0.111. The molecule has 0 aliphatic heterocycles. The average molecular weight is 292 g/mol. The van der Waals surface area contributed by atoms with E-state index in [0.717, 1.165) is 11.3 Å². The van der Waals surface area contributed by atoms with Gasteiger partial charge in [0.05, 0.1) is 0 Å².